The molecule has 0 spiro atoms. The number of hydrogen-bond acceptors (Lipinski definition) is 6. The van der Waals surface area contributed by atoms with E-state index < -0.39 is 30.5 Å². The fourth-order valence-corrected chi connectivity index (χ4v) is 3.56. The van der Waals surface area contributed by atoms with E-state index in [9.17, 15) is 20.3 Å². The molecule has 3 rings (SSSR count). The van der Waals surface area contributed by atoms with Gasteiger partial charge in [-0.2, -0.15) is 5.26 Å². The number of fused-ring (bicyclic) bond motifs is 1. The molecule has 0 radical (unpaired) electrons. The van der Waals surface area contributed by atoms with Gasteiger partial charge in [0.05, 0.1) is 21.1 Å². The Bertz CT molecular complexity index is 923. The molecule has 0 bridgehead atoms. The molecule has 1 aliphatic rings. The third-order valence-electron chi connectivity index (χ3n) is 4.14. The molecule has 1 unspecified atom stereocenters. The summed E-state index contributed by atoms with van der Waals surface area (Å²) in [5.74, 6) is -0.545. The molecule has 2 aromatic rings. The van der Waals surface area contributed by atoms with E-state index in [4.69, 9.17) is 44.3 Å². The largest absolute Gasteiger partial charge is 0.463 e. The van der Waals surface area contributed by atoms with E-state index in [0.717, 1.165) is 0 Å². The fraction of sp³-hybridized carbons (Fsp3) is 0.375. The number of aliphatic hydroxyl groups excluding tert-OH is 2. The van der Waals surface area contributed by atoms with Gasteiger partial charge in [0.2, 0.25) is 0 Å². The van der Waals surface area contributed by atoms with Gasteiger partial charge in [0, 0.05) is 12.3 Å². The number of nitriles is 1. The Labute approximate surface area is 163 Å². The molecule has 7 nitrogen and oxygen atoms in total. The second-order valence-electron chi connectivity index (χ2n) is 5.78. The second-order valence-corrected chi connectivity index (χ2v) is 6.95. The van der Waals surface area contributed by atoms with Crippen LogP contribution < -0.4 is 0 Å². The predicted octanol–water partition coefficient (Wildman–Crippen LogP) is 2.66. The number of halogens is 3. The first-order valence-electron chi connectivity index (χ1n) is 7.49. The first-order valence-corrected chi connectivity index (χ1v) is 8.63. The number of benzene rings is 1. The average molecular weight is 420 g/mol. The molecule has 10 heteroatoms. The summed E-state index contributed by atoms with van der Waals surface area (Å²) in [7, 11) is 0. The Morgan fingerprint density at radius 1 is 1.31 bits per heavy atom. The Morgan fingerprint density at radius 3 is 2.58 bits per heavy atom. The van der Waals surface area contributed by atoms with Crippen LogP contribution in [0.15, 0.2) is 12.1 Å². The molecule has 1 aromatic heterocycles. The molecule has 1 fully saturated rings. The maximum atomic E-state index is 11.0. The van der Waals surface area contributed by atoms with Crippen molar-refractivity contribution in [1.29, 1.82) is 5.26 Å². The lowest BCUT2D eigenvalue weighted by Gasteiger charge is -2.19. The first-order chi connectivity index (χ1) is 12.3. The standard InChI is InChI=1S/C16H13Cl3N2O5/c1-6(22)25-5-12-13(23)14(24)16(26-12)21-11-3-10(18)9(17)2-7(11)8(4-20)15(21)19/h2-3,12-14,16,23-24H,5H2,1H3/t12-,13-,14-,16?/m1/s1. The van der Waals surface area contributed by atoms with Crippen molar-refractivity contribution in [3.05, 3.63) is 32.9 Å². The highest BCUT2D eigenvalue weighted by molar-refractivity contribution is 6.43. The van der Waals surface area contributed by atoms with Crippen LogP contribution in [0.1, 0.15) is 18.7 Å². The van der Waals surface area contributed by atoms with Gasteiger partial charge in [-0.1, -0.05) is 34.8 Å². The number of aromatic nitrogens is 1. The van der Waals surface area contributed by atoms with Crippen LogP contribution in [0.2, 0.25) is 15.2 Å². The quantitative estimate of drug-likeness (QED) is 0.741. The maximum Gasteiger partial charge on any atom is 0.302 e. The topological polar surface area (TPSA) is 105 Å². The summed E-state index contributed by atoms with van der Waals surface area (Å²) in [5, 5.41) is 30.9. The van der Waals surface area contributed by atoms with E-state index in [1.165, 1.54) is 23.6 Å². The molecule has 26 heavy (non-hydrogen) atoms. The van der Waals surface area contributed by atoms with Gasteiger partial charge in [-0.05, 0) is 12.1 Å². The minimum Gasteiger partial charge on any atom is -0.463 e. The van der Waals surface area contributed by atoms with Crippen molar-refractivity contribution >= 4 is 51.7 Å². The van der Waals surface area contributed by atoms with Gasteiger partial charge in [0.25, 0.3) is 0 Å². The van der Waals surface area contributed by atoms with Crippen molar-refractivity contribution in [2.75, 3.05) is 6.61 Å². The van der Waals surface area contributed by atoms with Crippen LogP contribution >= 0.6 is 34.8 Å². The molecule has 0 amide bonds. The summed E-state index contributed by atoms with van der Waals surface area (Å²) in [5.41, 5.74) is 0.541. The molecule has 1 aromatic carbocycles. The third kappa shape index (κ3) is 3.14. The van der Waals surface area contributed by atoms with E-state index >= 15 is 0 Å². The fourth-order valence-electron chi connectivity index (χ4n) is 2.91. The van der Waals surface area contributed by atoms with Crippen LogP contribution in [0, 0.1) is 11.3 Å². The van der Waals surface area contributed by atoms with Crippen molar-refractivity contribution in [1.82, 2.24) is 4.57 Å². The SMILES string of the molecule is CC(=O)OC[C@H]1OC(n2c(Cl)c(C#N)c3cc(Cl)c(Cl)cc32)[C@H](O)[C@@H]1O. The van der Waals surface area contributed by atoms with Crippen LogP contribution in [-0.2, 0) is 14.3 Å². The molecule has 1 saturated heterocycles. The highest BCUT2D eigenvalue weighted by atomic mass is 35.5. The summed E-state index contributed by atoms with van der Waals surface area (Å²) in [6, 6.07) is 4.97. The van der Waals surface area contributed by atoms with Crippen LogP contribution in [-0.4, -0.2) is 45.7 Å². The average Bonchev–Trinajstić information content (AvgIpc) is 3.00. The van der Waals surface area contributed by atoms with E-state index in [2.05, 4.69) is 0 Å². The van der Waals surface area contributed by atoms with Crippen molar-refractivity contribution in [2.45, 2.75) is 31.5 Å². The molecule has 138 valence electrons. The van der Waals surface area contributed by atoms with Gasteiger partial charge in [-0.3, -0.25) is 4.79 Å². The van der Waals surface area contributed by atoms with Crippen LogP contribution in [0.25, 0.3) is 10.9 Å². The Kier molecular flexibility index (Phi) is 5.35. The lowest BCUT2D eigenvalue weighted by molar-refractivity contribution is -0.147. The monoisotopic (exact) mass is 418 g/mol. The van der Waals surface area contributed by atoms with Gasteiger partial charge in [-0.15, -0.1) is 0 Å². The van der Waals surface area contributed by atoms with E-state index in [1.807, 2.05) is 6.07 Å². The Balaban J connectivity index is 2.08. The molecule has 2 heterocycles. The van der Waals surface area contributed by atoms with Crippen molar-refractivity contribution in [2.24, 2.45) is 0 Å². The van der Waals surface area contributed by atoms with Gasteiger partial charge >= 0.3 is 5.97 Å². The van der Waals surface area contributed by atoms with Crippen LogP contribution in [0.3, 0.4) is 0 Å². The minimum atomic E-state index is -1.37. The Hall–Kier alpha value is -1.53. The number of carbonyl (C=O) groups is 1. The van der Waals surface area contributed by atoms with E-state index in [-0.39, 0.29) is 27.4 Å². The van der Waals surface area contributed by atoms with Crippen LogP contribution in [0.4, 0.5) is 0 Å². The molecule has 4 atom stereocenters. The molecule has 2 N–H and O–H groups in total. The lowest BCUT2D eigenvalue weighted by Crippen LogP contribution is -2.34. The smallest absolute Gasteiger partial charge is 0.302 e. The maximum absolute atomic E-state index is 11.0. The molecule has 0 aliphatic carbocycles. The number of hydrogen-bond donors (Lipinski definition) is 2. The summed E-state index contributed by atoms with van der Waals surface area (Å²) < 4.78 is 11.9. The first kappa shape index (κ1) is 19.2. The second kappa shape index (κ2) is 7.24. The number of carbonyl (C=O) groups excluding carboxylic acids is 1. The lowest BCUT2D eigenvalue weighted by atomic mass is 10.1. The Morgan fingerprint density at radius 2 is 1.96 bits per heavy atom. The predicted molar refractivity (Wildman–Crippen MR) is 94.2 cm³/mol. The zero-order valence-corrected chi connectivity index (χ0v) is 15.6. The van der Waals surface area contributed by atoms with Gasteiger partial charge in [-0.25, -0.2) is 0 Å². The minimum absolute atomic E-state index is 0.00483. The van der Waals surface area contributed by atoms with Crippen molar-refractivity contribution < 1.29 is 24.5 Å². The highest BCUT2D eigenvalue weighted by Crippen LogP contribution is 2.41. The summed E-state index contributed by atoms with van der Waals surface area (Å²) >= 11 is 18.4. The van der Waals surface area contributed by atoms with Gasteiger partial charge in [0.1, 0.15) is 36.1 Å². The molecular formula is C16H13Cl3N2O5. The number of nitrogens with zero attached hydrogens (tertiary/aromatic N) is 2. The number of esters is 1. The zero-order chi connectivity index (χ0) is 19.2. The molecular weight excluding hydrogens is 407 g/mol. The molecule has 1 aliphatic heterocycles. The zero-order valence-electron chi connectivity index (χ0n) is 13.3. The normalized spacial score (nSPS) is 25.4. The summed E-state index contributed by atoms with van der Waals surface area (Å²) in [6.07, 6.45) is -4.76. The number of rotatable bonds is 3. The summed E-state index contributed by atoms with van der Waals surface area (Å²) in [4.78, 5) is 11.0. The number of aliphatic hydroxyl groups is 2. The van der Waals surface area contributed by atoms with Crippen molar-refractivity contribution in [3.63, 3.8) is 0 Å². The summed E-state index contributed by atoms with van der Waals surface area (Å²) in [6.45, 7) is 0.981. The van der Waals surface area contributed by atoms with Gasteiger partial charge in [0.15, 0.2) is 6.23 Å². The van der Waals surface area contributed by atoms with Crippen LogP contribution in [0.5, 0.6) is 0 Å². The number of ether oxygens (including phenoxy) is 2. The van der Waals surface area contributed by atoms with Gasteiger partial charge < -0.3 is 24.3 Å². The van der Waals surface area contributed by atoms with E-state index in [0.29, 0.717) is 10.9 Å². The van der Waals surface area contributed by atoms with Crippen molar-refractivity contribution in [3.8, 4) is 6.07 Å². The molecule has 0 saturated carbocycles. The van der Waals surface area contributed by atoms with E-state index in [1.54, 1.807) is 0 Å². The highest BCUT2D eigenvalue weighted by Gasteiger charge is 2.45. The third-order valence-corrected chi connectivity index (χ3v) is 5.23.